The Morgan fingerprint density at radius 3 is 2.59 bits per heavy atom. The van der Waals surface area contributed by atoms with Crippen molar-refractivity contribution in [2.75, 3.05) is 20.1 Å². The van der Waals surface area contributed by atoms with E-state index in [1.807, 2.05) is 7.05 Å². The number of likely N-dealkylation sites (tertiary alicyclic amines) is 1. The van der Waals surface area contributed by atoms with Gasteiger partial charge < -0.3 is 10.2 Å². The van der Waals surface area contributed by atoms with Crippen LogP contribution in [0.2, 0.25) is 0 Å². The first-order valence-corrected chi connectivity index (χ1v) is 7.16. The van der Waals surface area contributed by atoms with Crippen LogP contribution in [0.3, 0.4) is 0 Å². The minimum absolute atomic E-state index is 0.0568. The highest BCUT2D eigenvalue weighted by atomic mass is 16.2. The van der Waals surface area contributed by atoms with Crippen LogP contribution in [-0.4, -0.2) is 37.0 Å². The van der Waals surface area contributed by atoms with Gasteiger partial charge in [-0.3, -0.25) is 4.79 Å². The fraction of sp³-hybridized carbons (Fsp3) is 0.929. The summed E-state index contributed by atoms with van der Waals surface area (Å²) in [6.45, 7) is 4.24. The Morgan fingerprint density at radius 1 is 1.24 bits per heavy atom. The van der Waals surface area contributed by atoms with Crippen LogP contribution >= 0.6 is 0 Å². The van der Waals surface area contributed by atoms with E-state index in [0.29, 0.717) is 11.8 Å². The number of hydrogen-bond donors (Lipinski definition) is 1. The maximum absolute atomic E-state index is 12.4. The zero-order valence-electron chi connectivity index (χ0n) is 11.2. The van der Waals surface area contributed by atoms with Crippen molar-refractivity contribution >= 4 is 5.91 Å². The average molecular weight is 238 g/mol. The number of hydrogen-bond acceptors (Lipinski definition) is 2. The lowest BCUT2D eigenvalue weighted by Crippen LogP contribution is -2.45. The van der Waals surface area contributed by atoms with Crippen LogP contribution in [0.5, 0.6) is 0 Å². The van der Waals surface area contributed by atoms with Crippen molar-refractivity contribution in [3.05, 3.63) is 0 Å². The van der Waals surface area contributed by atoms with E-state index in [1.165, 1.54) is 32.1 Å². The van der Waals surface area contributed by atoms with Crippen LogP contribution in [-0.2, 0) is 4.79 Å². The highest BCUT2D eigenvalue weighted by Gasteiger charge is 2.30. The van der Waals surface area contributed by atoms with Crippen molar-refractivity contribution < 1.29 is 4.79 Å². The van der Waals surface area contributed by atoms with Gasteiger partial charge in [0.15, 0.2) is 0 Å². The quantitative estimate of drug-likeness (QED) is 0.816. The number of likely N-dealkylation sites (N-methyl/N-ethyl adjacent to an activating group) is 1. The number of carbonyl (C=O) groups is 1. The normalized spacial score (nSPS) is 31.9. The van der Waals surface area contributed by atoms with Gasteiger partial charge in [0.25, 0.3) is 0 Å². The average Bonchev–Trinajstić information content (AvgIpc) is 2.77. The minimum atomic E-state index is 0.0568. The second-order valence-corrected chi connectivity index (χ2v) is 5.92. The van der Waals surface area contributed by atoms with Gasteiger partial charge in [-0.1, -0.05) is 19.8 Å². The van der Waals surface area contributed by atoms with Crippen LogP contribution in [0.15, 0.2) is 0 Å². The third-order valence-corrected chi connectivity index (χ3v) is 4.39. The molecule has 2 rings (SSSR count). The molecule has 0 bridgehead atoms. The third kappa shape index (κ3) is 3.21. The number of rotatable bonds is 3. The monoisotopic (exact) mass is 238 g/mol. The molecule has 0 aromatic rings. The van der Waals surface area contributed by atoms with E-state index in [1.54, 1.807) is 0 Å². The lowest BCUT2D eigenvalue weighted by molar-refractivity contribution is -0.133. The van der Waals surface area contributed by atoms with Crippen molar-refractivity contribution in [2.24, 2.45) is 11.8 Å². The largest absolute Gasteiger partial charge is 0.341 e. The van der Waals surface area contributed by atoms with E-state index in [0.717, 1.165) is 25.4 Å². The molecule has 0 radical (unpaired) electrons. The molecule has 0 aromatic carbocycles. The summed E-state index contributed by atoms with van der Waals surface area (Å²) in [5.41, 5.74) is 0. The number of carbonyl (C=O) groups excluding carboxylic acids is 1. The highest BCUT2D eigenvalue weighted by Crippen LogP contribution is 2.27. The molecule has 1 amide bonds. The molecular weight excluding hydrogens is 212 g/mol. The molecular formula is C14H26N2O. The van der Waals surface area contributed by atoms with Crippen LogP contribution in [0, 0.1) is 11.8 Å². The Hall–Kier alpha value is -0.570. The molecule has 0 spiro atoms. The van der Waals surface area contributed by atoms with Crippen molar-refractivity contribution in [3.8, 4) is 0 Å². The molecule has 1 saturated heterocycles. The molecule has 2 fully saturated rings. The number of nitrogens with one attached hydrogen (secondary N) is 1. The van der Waals surface area contributed by atoms with E-state index in [2.05, 4.69) is 17.1 Å². The summed E-state index contributed by atoms with van der Waals surface area (Å²) in [5, 5.41) is 3.18. The summed E-state index contributed by atoms with van der Waals surface area (Å²) in [6, 6.07) is 0.0568. The molecule has 17 heavy (non-hydrogen) atoms. The Morgan fingerprint density at radius 2 is 1.94 bits per heavy atom. The van der Waals surface area contributed by atoms with Gasteiger partial charge in [0.1, 0.15) is 0 Å². The van der Waals surface area contributed by atoms with E-state index < -0.39 is 0 Å². The van der Waals surface area contributed by atoms with Gasteiger partial charge in [-0.05, 0) is 44.6 Å². The van der Waals surface area contributed by atoms with Gasteiger partial charge >= 0.3 is 0 Å². The second kappa shape index (κ2) is 5.85. The predicted octanol–water partition coefficient (Wildman–Crippen LogP) is 2.02. The molecule has 1 saturated carbocycles. The summed E-state index contributed by atoms with van der Waals surface area (Å²) in [4.78, 5) is 14.5. The maximum atomic E-state index is 12.4. The van der Waals surface area contributed by atoms with Crippen LogP contribution < -0.4 is 5.32 Å². The molecule has 3 heteroatoms. The molecule has 3 nitrogen and oxygen atoms in total. The summed E-state index contributed by atoms with van der Waals surface area (Å²) in [5.74, 6) is 1.75. The smallest absolute Gasteiger partial charge is 0.239 e. The molecule has 2 aliphatic rings. The Kier molecular flexibility index (Phi) is 4.43. The van der Waals surface area contributed by atoms with Crippen molar-refractivity contribution in [2.45, 2.75) is 51.5 Å². The van der Waals surface area contributed by atoms with Crippen molar-refractivity contribution in [3.63, 3.8) is 0 Å². The first-order valence-electron chi connectivity index (χ1n) is 7.16. The summed E-state index contributed by atoms with van der Waals surface area (Å²) in [6.07, 6.45) is 7.52. The zero-order valence-corrected chi connectivity index (χ0v) is 11.2. The SMILES string of the molecule is CNC1CCC(C)CN(CC2CCCC2)C1=O. The van der Waals surface area contributed by atoms with Crippen molar-refractivity contribution in [1.29, 1.82) is 0 Å². The fourth-order valence-corrected chi connectivity index (χ4v) is 3.29. The summed E-state index contributed by atoms with van der Waals surface area (Å²) in [7, 11) is 1.91. The van der Waals surface area contributed by atoms with E-state index in [-0.39, 0.29) is 6.04 Å². The van der Waals surface area contributed by atoms with E-state index in [4.69, 9.17) is 0 Å². The van der Waals surface area contributed by atoms with Crippen LogP contribution in [0.25, 0.3) is 0 Å². The molecule has 98 valence electrons. The molecule has 1 heterocycles. The first kappa shape index (κ1) is 12.9. The number of nitrogens with zero attached hydrogens (tertiary/aromatic N) is 1. The topological polar surface area (TPSA) is 32.3 Å². The number of amides is 1. The van der Waals surface area contributed by atoms with Gasteiger partial charge in [-0.15, -0.1) is 0 Å². The third-order valence-electron chi connectivity index (χ3n) is 4.39. The predicted molar refractivity (Wildman–Crippen MR) is 69.8 cm³/mol. The Labute approximate surface area is 105 Å². The fourth-order valence-electron chi connectivity index (χ4n) is 3.29. The van der Waals surface area contributed by atoms with Crippen molar-refractivity contribution in [1.82, 2.24) is 10.2 Å². The Balaban J connectivity index is 1.98. The lowest BCUT2D eigenvalue weighted by Gasteiger charge is -2.28. The Bertz CT molecular complexity index is 261. The van der Waals surface area contributed by atoms with E-state index >= 15 is 0 Å². The molecule has 1 aliphatic carbocycles. The van der Waals surface area contributed by atoms with E-state index in [9.17, 15) is 4.79 Å². The second-order valence-electron chi connectivity index (χ2n) is 5.92. The summed E-state index contributed by atoms with van der Waals surface area (Å²) >= 11 is 0. The van der Waals surface area contributed by atoms with Crippen LogP contribution in [0.1, 0.15) is 45.4 Å². The van der Waals surface area contributed by atoms with Gasteiger partial charge in [0.2, 0.25) is 5.91 Å². The summed E-state index contributed by atoms with van der Waals surface area (Å²) < 4.78 is 0. The van der Waals surface area contributed by atoms with Crippen LogP contribution in [0.4, 0.5) is 0 Å². The van der Waals surface area contributed by atoms with Gasteiger partial charge in [-0.25, -0.2) is 0 Å². The maximum Gasteiger partial charge on any atom is 0.239 e. The molecule has 2 unspecified atom stereocenters. The van der Waals surface area contributed by atoms with Gasteiger partial charge in [-0.2, -0.15) is 0 Å². The molecule has 1 aliphatic heterocycles. The lowest BCUT2D eigenvalue weighted by atomic mass is 10.0. The van der Waals surface area contributed by atoms with Gasteiger partial charge in [0.05, 0.1) is 6.04 Å². The highest BCUT2D eigenvalue weighted by molar-refractivity contribution is 5.82. The molecule has 1 N–H and O–H groups in total. The standard InChI is InChI=1S/C14H26N2O/c1-11-7-8-13(15-2)14(17)16(9-11)10-12-5-3-4-6-12/h11-13,15H,3-10H2,1-2H3. The molecule has 2 atom stereocenters. The minimum Gasteiger partial charge on any atom is -0.341 e. The first-order chi connectivity index (χ1) is 8.20. The van der Waals surface area contributed by atoms with Gasteiger partial charge in [0, 0.05) is 13.1 Å². The zero-order chi connectivity index (χ0) is 12.3. The molecule has 0 aromatic heterocycles.